The van der Waals surface area contributed by atoms with Gasteiger partial charge in [-0.15, -0.1) is 0 Å². The van der Waals surface area contributed by atoms with E-state index in [4.69, 9.17) is 4.74 Å². The van der Waals surface area contributed by atoms with Crippen LogP contribution >= 0.6 is 0 Å². The second kappa shape index (κ2) is 7.21. The quantitative estimate of drug-likeness (QED) is 0.746. The number of carbonyl (C=O) groups excluding carboxylic acids is 1. The van der Waals surface area contributed by atoms with Crippen LogP contribution in [-0.2, 0) is 17.9 Å². The summed E-state index contributed by atoms with van der Waals surface area (Å²) in [5.74, 6) is 0.185. The molecule has 0 radical (unpaired) electrons. The fourth-order valence-electron chi connectivity index (χ4n) is 2.78. The number of methoxy groups -OCH3 is 1. The van der Waals surface area contributed by atoms with E-state index in [9.17, 15) is 9.59 Å². The van der Waals surface area contributed by atoms with Crippen molar-refractivity contribution in [3.8, 4) is 5.88 Å². The number of aryl methyl sites for hydroxylation is 1. The maximum Gasteiger partial charge on any atom is 0.329 e. The Kier molecular flexibility index (Phi) is 4.83. The molecule has 0 unspecified atom stereocenters. The number of rotatable bonds is 6. The Labute approximate surface area is 144 Å². The fourth-order valence-corrected chi connectivity index (χ4v) is 2.78. The number of carbonyl (C=O) groups is 1. The van der Waals surface area contributed by atoms with E-state index in [0.717, 1.165) is 17.5 Å². The summed E-state index contributed by atoms with van der Waals surface area (Å²) in [6, 6.07) is 10.9. The summed E-state index contributed by atoms with van der Waals surface area (Å²) in [4.78, 5) is 29.1. The molecule has 7 nitrogen and oxygen atoms in total. The van der Waals surface area contributed by atoms with E-state index < -0.39 is 0 Å². The second-order valence-electron chi connectivity index (χ2n) is 5.65. The van der Waals surface area contributed by atoms with Crippen molar-refractivity contribution in [1.82, 2.24) is 14.1 Å². The van der Waals surface area contributed by atoms with Gasteiger partial charge in [0.15, 0.2) is 0 Å². The van der Waals surface area contributed by atoms with Crippen LogP contribution in [0.2, 0.25) is 0 Å². The van der Waals surface area contributed by atoms with Gasteiger partial charge in [-0.2, -0.15) is 0 Å². The largest absolute Gasteiger partial charge is 0.481 e. The zero-order valence-corrected chi connectivity index (χ0v) is 14.2. The number of fused-ring (bicyclic) bond motifs is 1. The Morgan fingerprint density at radius 3 is 2.48 bits per heavy atom. The van der Waals surface area contributed by atoms with Gasteiger partial charge in [0.2, 0.25) is 11.8 Å². The van der Waals surface area contributed by atoms with Crippen molar-refractivity contribution in [3.05, 3.63) is 53.1 Å². The van der Waals surface area contributed by atoms with E-state index in [1.54, 1.807) is 16.7 Å². The number of anilines is 1. The summed E-state index contributed by atoms with van der Waals surface area (Å²) in [7, 11) is 1.53. The molecule has 3 rings (SSSR count). The first kappa shape index (κ1) is 16.8. The van der Waals surface area contributed by atoms with Gasteiger partial charge in [-0.05, 0) is 24.6 Å². The van der Waals surface area contributed by atoms with E-state index in [-0.39, 0.29) is 18.1 Å². The van der Waals surface area contributed by atoms with Crippen LogP contribution < -0.4 is 15.7 Å². The highest BCUT2D eigenvalue weighted by Gasteiger charge is 2.15. The molecule has 7 heteroatoms. The van der Waals surface area contributed by atoms with Crippen molar-refractivity contribution >= 4 is 22.6 Å². The average molecular weight is 340 g/mol. The molecule has 0 atom stereocenters. The van der Waals surface area contributed by atoms with E-state index in [2.05, 4.69) is 10.3 Å². The van der Waals surface area contributed by atoms with Crippen molar-refractivity contribution < 1.29 is 9.53 Å². The van der Waals surface area contributed by atoms with Gasteiger partial charge in [-0.1, -0.05) is 19.1 Å². The lowest BCUT2D eigenvalue weighted by atomic mass is 10.3. The summed E-state index contributed by atoms with van der Waals surface area (Å²) in [5, 5.41) is 2.75. The number of imidazole rings is 1. The number of hydrogen-bond donors (Lipinski definition) is 1. The number of aromatic nitrogens is 3. The lowest BCUT2D eigenvalue weighted by Gasteiger charge is -2.06. The van der Waals surface area contributed by atoms with Crippen LogP contribution in [0.15, 0.2) is 47.4 Å². The van der Waals surface area contributed by atoms with Gasteiger partial charge in [0, 0.05) is 12.6 Å². The summed E-state index contributed by atoms with van der Waals surface area (Å²) in [6.45, 7) is 2.58. The van der Waals surface area contributed by atoms with Gasteiger partial charge in [-0.3, -0.25) is 13.9 Å². The average Bonchev–Trinajstić information content (AvgIpc) is 2.89. The number of nitrogens with zero attached hydrogens (tertiary/aromatic N) is 3. The predicted octanol–water partition coefficient (Wildman–Crippen LogP) is 2.26. The standard InChI is InChI=1S/C18H20N4O3/c1-3-10-21-14-6-4-5-7-15(14)22(18(21)24)12-16(23)20-13-8-9-17(25-2)19-11-13/h4-9,11H,3,10,12H2,1-2H3,(H,20,23). The van der Waals surface area contributed by atoms with E-state index in [0.29, 0.717) is 18.1 Å². The topological polar surface area (TPSA) is 78.2 Å². The molecule has 0 aliphatic heterocycles. The number of amides is 1. The van der Waals surface area contributed by atoms with Crippen molar-refractivity contribution in [3.63, 3.8) is 0 Å². The molecule has 0 bridgehead atoms. The Bertz CT molecular complexity index is 941. The minimum absolute atomic E-state index is 0.0535. The summed E-state index contributed by atoms with van der Waals surface area (Å²) in [6.07, 6.45) is 2.36. The molecule has 3 aromatic rings. The predicted molar refractivity (Wildman–Crippen MR) is 95.9 cm³/mol. The molecule has 1 N–H and O–H groups in total. The van der Waals surface area contributed by atoms with Gasteiger partial charge >= 0.3 is 5.69 Å². The van der Waals surface area contributed by atoms with Crippen LogP contribution in [-0.4, -0.2) is 27.1 Å². The summed E-state index contributed by atoms with van der Waals surface area (Å²) in [5.41, 5.74) is 1.97. The fraction of sp³-hybridized carbons (Fsp3) is 0.278. The molecule has 0 aliphatic carbocycles. The molecule has 1 aromatic carbocycles. The van der Waals surface area contributed by atoms with E-state index in [1.807, 2.05) is 31.2 Å². The highest BCUT2D eigenvalue weighted by atomic mass is 16.5. The number of pyridine rings is 1. The SMILES string of the molecule is CCCn1c(=O)n(CC(=O)Nc2ccc(OC)nc2)c2ccccc21. The third-order valence-electron chi connectivity index (χ3n) is 3.90. The third-order valence-corrected chi connectivity index (χ3v) is 3.90. The van der Waals surface area contributed by atoms with Crippen LogP contribution in [0, 0.1) is 0 Å². The number of benzene rings is 1. The number of ether oxygens (including phenoxy) is 1. The Morgan fingerprint density at radius 1 is 1.16 bits per heavy atom. The second-order valence-corrected chi connectivity index (χ2v) is 5.65. The van der Waals surface area contributed by atoms with Gasteiger partial charge in [0.25, 0.3) is 0 Å². The van der Waals surface area contributed by atoms with Gasteiger partial charge in [-0.25, -0.2) is 9.78 Å². The van der Waals surface area contributed by atoms with Crippen molar-refractivity contribution in [2.24, 2.45) is 0 Å². The zero-order chi connectivity index (χ0) is 17.8. The number of nitrogens with one attached hydrogen (secondary N) is 1. The number of para-hydroxylation sites is 2. The highest BCUT2D eigenvalue weighted by molar-refractivity contribution is 5.91. The molecule has 0 saturated heterocycles. The van der Waals surface area contributed by atoms with Crippen molar-refractivity contribution in [2.75, 3.05) is 12.4 Å². The molecule has 1 amide bonds. The van der Waals surface area contributed by atoms with E-state index in [1.165, 1.54) is 17.9 Å². The first-order valence-electron chi connectivity index (χ1n) is 8.12. The Hall–Kier alpha value is -3.09. The molecule has 0 saturated carbocycles. The van der Waals surface area contributed by atoms with Gasteiger partial charge < -0.3 is 10.1 Å². The molecular weight excluding hydrogens is 320 g/mol. The van der Waals surface area contributed by atoms with Gasteiger partial charge in [0.1, 0.15) is 6.54 Å². The molecule has 0 aliphatic rings. The molecule has 0 fully saturated rings. The Balaban J connectivity index is 1.85. The molecule has 25 heavy (non-hydrogen) atoms. The van der Waals surface area contributed by atoms with Crippen molar-refractivity contribution in [2.45, 2.75) is 26.4 Å². The van der Waals surface area contributed by atoms with Crippen molar-refractivity contribution in [1.29, 1.82) is 0 Å². The van der Waals surface area contributed by atoms with Crippen LogP contribution in [0.4, 0.5) is 5.69 Å². The summed E-state index contributed by atoms with van der Waals surface area (Å²) >= 11 is 0. The van der Waals surface area contributed by atoms with Crippen LogP contribution in [0.25, 0.3) is 11.0 Å². The minimum Gasteiger partial charge on any atom is -0.481 e. The minimum atomic E-state index is -0.284. The maximum atomic E-state index is 12.7. The molecule has 2 aromatic heterocycles. The first-order valence-corrected chi connectivity index (χ1v) is 8.12. The molecular formula is C18H20N4O3. The Morgan fingerprint density at radius 2 is 1.88 bits per heavy atom. The maximum absolute atomic E-state index is 12.7. The molecule has 130 valence electrons. The highest BCUT2D eigenvalue weighted by Crippen LogP contribution is 2.14. The van der Waals surface area contributed by atoms with E-state index >= 15 is 0 Å². The number of hydrogen-bond acceptors (Lipinski definition) is 4. The lowest BCUT2D eigenvalue weighted by molar-refractivity contribution is -0.116. The zero-order valence-electron chi connectivity index (χ0n) is 14.2. The monoisotopic (exact) mass is 340 g/mol. The molecule has 0 spiro atoms. The lowest BCUT2D eigenvalue weighted by Crippen LogP contribution is -2.29. The van der Waals surface area contributed by atoms with Crippen LogP contribution in [0.3, 0.4) is 0 Å². The van der Waals surface area contributed by atoms with Crippen LogP contribution in [0.1, 0.15) is 13.3 Å². The summed E-state index contributed by atoms with van der Waals surface area (Å²) < 4.78 is 8.19. The van der Waals surface area contributed by atoms with Gasteiger partial charge in [0.05, 0.1) is 30.0 Å². The van der Waals surface area contributed by atoms with Crippen LogP contribution in [0.5, 0.6) is 5.88 Å². The first-order chi connectivity index (χ1) is 12.1. The normalized spacial score (nSPS) is 10.8. The molecule has 2 heterocycles. The smallest absolute Gasteiger partial charge is 0.329 e. The third kappa shape index (κ3) is 3.40.